The second kappa shape index (κ2) is 9.13. The van der Waals surface area contributed by atoms with Gasteiger partial charge < -0.3 is 10.1 Å². The maximum Gasteiger partial charge on any atom is 0.251 e. The molecule has 0 unspecified atom stereocenters. The zero-order chi connectivity index (χ0) is 22.6. The number of rotatable bonds is 5. The fourth-order valence-corrected chi connectivity index (χ4v) is 3.66. The average molecular weight is 427 g/mol. The third-order valence-electron chi connectivity index (χ3n) is 5.52. The molecule has 0 saturated carbocycles. The third-order valence-corrected chi connectivity index (χ3v) is 5.52. The van der Waals surface area contributed by atoms with E-state index in [0.29, 0.717) is 17.7 Å². The molecule has 1 aliphatic heterocycles. The molecule has 2 heterocycles. The lowest BCUT2D eigenvalue weighted by Crippen LogP contribution is -2.33. The molecule has 0 spiro atoms. The van der Waals surface area contributed by atoms with E-state index in [9.17, 15) is 14.4 Å². The molecule has 4 rings (SSSR count). The van der Waals surface area contributed by atoms with E-state index < -0.39 is 11.2 Å². The van der Waals surface area contributed by atoms with Crippen LogP contribution in [0.3, 0.4) is 0 Å². The van der Waals surface area contributed by atoms with Gasteiger partial charge in [0.05, 0.1) is 31.5 Å². The molecule has 1 aliphatic rings. The van der Waals surface area contributed by atoms with Crippen LogP contribution in [0.2, 0.25) is 0 Å². The Bertz CT molecular complexity index is 1220. The first-order valence-corrected chi connectivity index (χ1v) is 10.3. The van der Waals surface area contributed by atoms with E-state index in [-0.39, 0.29) is 24.8 Å². The zero-order valence-corrected chi connectivity index (χ0v) is 17.6. The summed E-state index contributed by atoms with van der Waals surface area (Å²) >= 11 is 0. The molecular formula is C26H22FN3O2. The Balaban J connectivity index is 1.49. The van der Waals surface area contributed by atoms with Gasteiger partial charge in [-0.2, -0.15) is 5.26 Å². The van der Waals surface area contributed by atoms with Crippen molar-refractivity contribution in [3.8, 4) is 6.07 Å². The van der Waals surface area contributed by atoms with Crippen molar-refractivity contribution in [2.75, 3.05) is 6.61 Å². The number of benzene rings is 2. The van der Waals surface area contributed by atoms with Crippen molar-refractivity contribution in [3.63, 3.8) is 0 Å². The van der Waals surface area contributed by atoms with Gasteiger partial charge in [0.25, 0.3) is 5.91 Å². The molecule has 0 fully saturated rings. The third kappa shape index (κ3) is 4.43. The standard InChI is InChI=1S/C26H22FN3O2/c1-26(16-28)17-32-15-21-10-9-20(13-22(21)26)25(31)30-14-23-24(27)19(11-12-29-23)8-7-18-5-3-2-4-6-18/h2-13H,14-15,17H2,1H3,(H,30,31)/b8-7+/t26-/m1/s1. The molecule has 1 amide bonds. The average Bonchev–Trinajstić information content (AvgIpc) is 2.83. The lowest BCUT2D eigenvalue weighted by molar-refractivity contribution is 0.0757. The van der Waals surface area contributed by atoms with Gasteiger partial charge in [0.1, 0.15) is 5.41 Å². The first-order valence-electron chi connectivity index (χ1n) is 10.3. The van der Waals surface area contributed by atoms with Gasteiger partial charge in [0.15, 0.2) is 5.82 Å². The zero-order valence-electron chi connectivity index (χ0n) is 17.6. The van der Waals surface area contributed by atoms with Crippen molar-refractivity contribution < 1.29 is 13.9 Å². The van der Waals surface area contributed by atoms with Gasteiger partial charge in [0, 0.05) is 17.3 Å². The summed E-state index contributed by atoms with van der Waals surface area (Å²) in [6, 6.07) is 18.7. The Kier molecular flexibility index (Phi) is 6.11. The number of pyridine rings is 1. The quantitative estimate of drug-likeness (QED) is 0.644. The number of nitrogens with one attached hydrogen (secondary N) is 1. The highest BCUT2D eigenvalue weighted by molar-refractivity contribution is 5.94. The number of halogens is 1. The van der Waals surface area contributed by atoms with E-state index in [1.54, 1.807) is 37.3 Å². The molecule has 6 heteroatoms. The van der Waals surface area contributed by atoms with E-state index in [0.717, 1.165) is 16.7 Å². The molecule has 1 aromatic heterocycles. The first kappa shape index (κ1) is 21.4. The molecule has 3 aromatic rings. The van der Waals surface area contributed by atoms with Crippen LogP contribution in [0.5, 0.6) is 0 Å². The van der Waals surface area contributed by atoms with E-state index in [1.165, 1.54) is 6.20 Å². The number of aromatic nitrogens is 1. The molecule has 5 nitrogen and oxygen atoms in total. The van der Waals surface area contributed by atoms with Crippen LogP contribution < -0.4 is 5.32 Å². The Morgan fingerprint density at radius 3 is 2.84 bits per heavy atom. The highest BCUT2D eigenvalue weighted by Gasteiger charge is 2.33. The van der Waals surface area contributed by atoms with Crippen molar-refractivity contribution in [3.05, 3.63) is 100 Å². The van der Waals surface area contributed by atoms with E-state index >= 15 is 0 Å². The van der Waals surface area contributed by atoms with Crippen molar-refractivity contribution in [2.24, 2.45) is 0 Å². The van der Waals surface area contributed by atoms with Gasteiger partial charge in [-0.3, -0.25) is 9.78 Å². The highest BCUT2D eigenvalue weighted by Crippen LogP contribution is 2.32. The molecule has 1 N–H and O–H groups in total. The van der Waals surface area contributed by atoms with Crippen LogP contribution in [0.1, 0.15) is 45.2 Å². The lowest BCUT2D eigenvalue weighted by atomic mass is 9.79. The molecule has 0 bridgehead atoms. The number of nitrogens with zero attached hydrogens (tertiary/aromatic N) is 2. The minimum Gasteiger partial charge on any atom is -0.375 e. The smallest absolute Gasteiger partial charge is 0.251 e. The fourth-order valence-electron chi connectivity index (χ4n) is 3.66. The largest absolute Gasteiger partial charge is 0.375 e. The second-order valence-electron chi connectivity index (χ2n) is 7.90. The summed E-state index contributed by atoms with van der Waals surface area (Å²) in [5, 5.41) is 12.3. The summed E-state index contributed by atoms with van der Waals surface area (Å²) in [7, 11) is 0. The Morgan fingerprint density at radius 2 is 2.06 bits per heavy atom. The van der Waals surface area contributed by atoms with E-state index in [2.05, 4.69) is 16.4 Å². The lowest BCUT2D eigenvalue weighted by Gasteiger charge is -2.30. The molecule has 160 valence electrons. The maximum absolute atomic E-state index is 14.9. The summed E-state index contributed by atoms with van der Waals surface area (Å²) < 4.78 is 20.4. The number of hydrogen-bond donors (Lipinski definition) is 1. The second-order valence-corrected chi connectivity index (χ2v) is 7.90. The monoisotopic (exact) mass is 427 g/mol. The van der Waals surface area contributed by atoms with Crippen LogP contribution >= 0.6 is 0 Å². The van der Waals surface area contributed by atoms with Crippen LogP contribution in [-0.4, -0.2) is 17.5 Å². The number of amides is 1. The Morgan fingerprint density at radius 1 is 1.25 bits per heavy atom. The number of ether oxygens (including phenoxy) is 1. The van der Waals surface area contributed by atoms with Crippen LogP contribution in [0.25, 0.3) is 12.2 Å². The van der Waals surface area contributed by atoms with Crippen LogP contribution in [0.15, 0.2) is 60.8 Å². The minimum absolute atomic E-state index is 0.0482. The van der Waals surface area contributed by atoms with Gasteiger partial charge in [-0.1, -0.05) is 48.6 Å². The number of hydrogen-bond acceptors (Lipinski definition) is 4. The topological polar surface area (TPSA) is 75.0 Å². The fraction of sp³-hybridized carbons (Fsp3) is 0.192. The van der Waals surface area contributed by atoms with Gasteiger partial charge in [0.2, 0.25) is 0 Å². The molecule has 0 saturated heterocycles. The first-order chi connectivity index (χ1) is 15.5. The van der Waals surface area contributed by atoms with Gasteiger partial charge in [-0.25, -0.2) is 4.39 Å². The molecule has 2 aromatic carbocycles. The van der Waals surface area contributed by atoms with Crippen LogP contribution in [0.4, 0.5) is 4.39 Å². The highest BCUT2D eigenvalue weighted by atomic mass is 19.1. The molecule has 32 heavy (non-hydrogen) atoms. The van der Waals surface area contributed by atoms with Crippen LogP contribution in [0, 0.1) is 17.1 Å². The minimum atomic E-state index is -0.809. The van der Waals surface area contributed by atoms with Crippen molar-refractivity contribution in [2.45, 2.75) is 25.5 Å². The summed E-state index contributed by atoms with van der Waals surface area (Å²) in [6.45, 7) is 2.43. The summed E-state index contributed by atoms with van der Waals surface area (Å²) in [5.74, 6) is -0.828. The maximum atomic E-state index is 14.9. The van der Waals surface area contributed by atoms with Crippen molar-refractivity contribution in [1.29, 1.82) is 5.26 Å². The summed E-state index contributed by atoms with van der Waals surface area (Å²) in [6.07, 6.45) is 5.03. The summed E-state index contributed by atoms with van der Waals surface area (Å²) in [5.41, 5.74) is 2.79. The molecule has 0 aliphatic carbocycles. The SMILES string of the molecule is C[C@@]1(C#N)COCc2ccc(C(=O)NCc3nccc(/C=C/c4ccccc4)c3F)cc21. The Labute approximate surface area is 186 Å². The number of nitriles is 1. The van der Waals surface area contributed by atoms with Gasteiger partial charge >= 0.3 is 0 Å². The molecule has 1 atom stereocenters. The number of fused-ring (bicyclic) bond motifs is 1. The summed E-state index contributed by atoms with van der Waals surface area (Å²) in [4.78, 5) is 16.8. The Hall–Kier alpha value is -3.82. The predicted molar refractivity (Wildman–Crippen MR) is 120 cm³/mol. The number of carbonyl (C=O) groups is 1. The van der Waals surface area contributed by atoms with Crippen LogP contribution in [-0.2, 0) is 23.3 Å². The van der Waals surface area contributed by atoms with E-state index in [4.69, 9.17) is 4.74 Å². The van der Waals surface area contributed by atoms with Crippen molar-refractivity contribution in [1.82, 2.24) is 10.3 Å². The molecular weight excluding hydrogens is 405 g/mol. The van der Waals surface area contributed by atoms with Gasteiger partial charge in [-0.05, 0) is 41.8 Å². The number of carbonyl (C=O) groups excluding carboxylic acids is 1. The normalized spacial score (nSPS) is 17.5. The van der Waals surface area contributed by atoms with E-state index in [1.807, 2.05) is 36.4 Å². The molecule has 0 radical (unpaired) electrons. The predicted octanol–water partition coefficient (Wildman–Crippen LogP) is 4.63. The van der Waals surface area contributed by atoms with Crippen molar-refractivity contribution >= 4 is 18.1 Å². The van der Waals surface area contributed by atoms with Gasteiger partial charge in [-0.15, -0.1) is 0 Å².